The van der Waals surface area contributed by atoms with E-state index in [4.69, 9.17) is 21.4 Å². The van der Waals surface area contributed by atoms with Crippen LogP contribution in [0.2, 0.25) is 5.02 Å². The summed E-state index contributed by atoms with van der Waals surface area (Å²) in [5.41, 5.74) is 1.61. The Morgan fingerprint density at radius 2 is 2.15 bits per heavy atom. The van der Waals surface area contributed by atoms with Gasteiger partial charge in [0, 0.05) is 23.4 Å². The van der Waals surface area contributed by atoms with Crippen molar-refractivity contribution in [3.8, 4) is 11.6 Å². The maximum atomic E-state index is 10.4. The fourth-order valence-corrected chi connectivity index (χ4v) is 1.64. The Balaban J connectivity index is 2.10. The minimum absolute atomic E-state index is 0.430. The molecule has 0 aliphatic heterocycles. The van der Waals surface area contributed by atoms with Crippen LogP contribution >= 0.6 is 11.6 Å². The number of carbonyl (C=O) groups is 1. The molecule has 2 aromatic rings. The first-order valence-electron chi connectivity index (χ1n) is 5.85. The Bertz CT molecular complexity index is 651. The maximum absolute atomic E-state index is 10.4. The average Bonchev–Trinajstić information content (AvgIpc) is 2.42. The van der Waals surface area contributed by atoms with Crippen molar-refractivity contribution in [1.82, 2.24) is 4.98 Å². The van der Waals surface area contributed by atoms with E-state index in [0.717, 1.165) is 11.6 Å². The van der Waals surface area contributed by atoms with Gasteiger partial charge in [-0.1, -0.05) is 11.6 Å². The highest BCUT2D eigenvalue weighted by atomic mass is 35.5. The molecule has 0 saturated heterocycles. The minimum atomic E-state index is -0.998. The highest BCUT2D eigenvalue weighted by Gasteiger charge is 2.01. The smallest absolute Gasteiger partial charge is 0.328 e. The number of benzene rings is 1. The number of nitrogens with zero attached hydrogens (tertiary/aromatic N) is 1. The van der Waals surface area contributed by atoms with Crippen molar-refractivity contribution in [2.75, 3.05) is 0 Å². The molecule has 1 heterocycles. The van der Waals surface area contributed by atoms with Crippen molar-refractivity contribution in [3.05, 3.63) is 58.8 Å². The number of hydrogen-bond donors (Lipinski definition) is 1. The lowest BCUT2D eigenvalue weighted by atomic mass is 10.2. The molecule has 0 unspecified atom stereocenters. The quantitative estimate of drug-likeness (QED) is 0.866. The van der Waals surface area contributed by atoms with Crippen LogP contribution in [0, 0.1) is 6.92 Å². The third-order valence-electron chi connectivity index (χ3n) is 2.53. The summed E-state index contributed by atoms with van der Waals surface area (Å²) in [4.78, 5) is 14.5. The van der Waals surface area contributed by atoms with Gasteiger partial charge in [-0.05, 0) is 48.4 Å². The fraction of sp³-hybridized carbons (Fsp3) is 0.0667. The lowest BCUT2D eigenvalue weighted by Crippen LogP contribution is -1.89. The van der Waals surface area contributed by atoms with E-state index >= 15 is 0 Å². The number of hydrogen-bond acceptors (Lipinski definition) is 3. The van der Waals surface area contributed by atoms with Gasteiger partial charge in [0.05, 0.1) is 0 Å². The zero-order valence-corrected chi connectivity index (χ0v) is 11.5. The average molecular weight is 290 g/mol. The van der Waals surface area contributed by atoms with Crippen molar-refractivity contribution in [2.24, 2.45) is 0 Å². The second-order valence-corrected chi connectivity index (χ2v) is 4.52. The number of aliphatic carboxylic acids is 1. The van der Waals surface area contributed by atoms with E-state index in [1.807, 2.05) is 13.0 Å². The van der Waals surface area contributed by atoms with Gasteiger partial charge < -0.3 is 9.84 Å². The molecule has 0 saturated carbocycles. The van der Waals surface area contributed by atoms with Crippen LogP contribution in [0.4, 0.5) is 0 Å². The number of rotatable bonds is 4. The van der Waals surface area contributed by atoms with Gasteiger partial charge in [-0.25, -0.2) is 9.78 Å². The molecule has 0 aliphatic rings. The second kappa shape index (κ2) is 6.21. The van der Waals surface area contributed by atoms with E-state index in [2.05, 4.69) is 4.98 Å². The Hall–Kier alpha value is -2.33. The van der Waals surface area contributed by atoms with Gasteiger partial charge in [0.25, 0.3) is 0 Å². The van der Waals surface area contributed by atoms with Crippen LogP contribution in [0.25, 0.3) is 6.08 Å². The lowest BCUT2D eigenvalue weighted by molar-refractivity contribution is -0.131. The first kappa shape index (κ1) is 14.1. The van der Waals surface area contributed by atoms with Crippen molar-refractivity contribution in [1.29, 1.82) is 0 Å². The Kier molecular flexibility index (Phi) is 4.38. The van der Waals surface area contributed by atoms with E-state index in [-0.39, 0.29) is 0 Å². The minimum Gasteiger partial charge on any atom is -0.478 e. The standard InChI is InChI=1S/C15H12ClNO3/c1-10-8-12(4-5-13(10)16)20-14-6-2-11(9-17-14)3-7-15(18)19/h2-9H,1H3,(H,18,19)/b7-3+. The van der Waals surface area contributed by atoms with Gasteiger partial charge in [-0.15, -0.1) is 0 Å². The third-order valence-corrected chi connectivity index (χ3v) is 2.95. The zero-order chi connectivity index (χ0) is 14.5. The highest BCUT2D eigenvalue weighted by molar-refractivity contribution is 6.31. The molecule has 1 aromatic carbocycles. The van der Waals surface area contributed by atoms with Crippen LogP contribution in [-0.4, -0.2) is 16.1 Å². The second-order valence-electron chi connectivity index (χ2n) is 4.11. The molecule has 0 fully saturated rings. The Morgan fingerprint density at radius 1 is 1.35 bits per heavy atom. The fourth-order valence-electron chi connectivity index (χ4n) is 1.52. The summed E-state index contributed by atoms with van der Waals surface area (Å²) in [6.07, 6.45) is 4.06. The highest BCUT2D eigenvalue weighted by Crippen LogP contribution is 2.24. The predicted octanol–water partition coefficient (Wildman–Crippen LogP) is 3.93. The number of pyridine rings is 1. The third kappa shape index (κ3) is 3.83. The molecular weight excluding hydrogens is 278 g/mol. The summed E-state index contributed by atoms with van der Waals surface area (Å²) in [5, 5.41) is 9.21. The summed E-state index contributed by atoms with van der Waals surface area (Å²) in [6.45, 7) is 1.89. The first-order valence-corrected chi connectivity index (χ1v) is 6.23. The molecule has 5 heteroatoms. The molecule has 1 aromatic heterocycles. The van der Waals surface area contributed by atoms with Crippen LogP contribution in [0.1, 0.15) is 11.1 Å². The largest absolute Gasteiger partial charge is 0.478 e. The van der Waals surface area contributed by atoms with E-state index < -0.39 is 5.97 Å². The van der Waals surface area contributed by atoms with Crippen LogP contribution in [0.3, 0.4) is 0 Å². The maximum Gasteiger partial charge on any atom is 0.328 e. The number of aromatic nitrogens is 1. The number of carboxylic acids is 1. The number of halogens is 1. The molecule has 0 radical (unpaired) electrons. The number of aryl methyl sites for hydroxylation is 1. The Labute approximate surface area is 121 Å². The van der Waals surface area contributed by atoms with Gasteiger partial charge in [-0.3, -0.25) is 0 Å². The summed E-state index contributed by atoms with van der Waals surface area (Å²) in [5.74, 6) is 0.0781. The van der Waals surface area contributed by atoms with E-state index in [0.29, 0.717) is 22.2 Å². The first-order chi connectivity index (χ1) is 9.54. The zero-order valence-electron chi connectivity index (χ0n) is 10.7. The molecule has 0 spiro atoms. The van der Waals surface area contributed by atoms with E-state index in [1.165, 1.54) is 12.3 Å². The van der Waals surface area contributed by atoms with Crippen molar-refractivity contribution in [2.45, 2.75) is 6.92 Å². The van der Waals surface area contributed by atoms with Gasteiger partial charge >= 0.3 is 5.97 Å². The molecule has 20 heavy (non-hydrogen) atoms. The monoisotopic (exact) mass is 289 g/mol. The molecule has 0 bridgehead atoms. The molecule has 0 amide bonds. The molecule has 0 atom stereocenters. The predicted molar refractivity (Wildman–Crippen MR) is 77.2 cm³/mol. The Morgan fingerprint density at radius 3 is 2.75 bits per heavy atom. The molecule has 2 rings (SSSR count). The van der Waals surface area contributed by atoms with Gasteiger partial charge in [0.1, 0.15) is 5.75 Å². The molecular formula is C15H12ClNO3. The summed E-state index contributed by atoms with van der Waals surface area (Å²) in [6, 6.07) is 8.74. The summed E-state index contributed by atoms with van der Waals surface area (Å²) < 4.78 is 5.58. The van der Waals surface area contributed by atoms with Crippen LogP contribution < -0.4 is 4.74 Å². The van der Waals surface area contributed by atoms with Crippen LogP contribution in [0.15, 0.2) is 42.6 Å². The van der Waals surface area contributed by atoms with Crippen molar-refractivity contribution >= 4 is 23.6 Å². The number of ether oxygens (including phenoxy) is 1. The number of carboxylic acid groups (broad SMARTS) is 1. The topological polar surface area (TPSA) is 59.4 Å². The lowest BCUT2D eigenvalue weighted by Gasteiger charge is -2.06. The van der Waals surface area contributed by atoms with Gasteiger partial charge in [-0.2, -0.15) is 0 Å². The molecule has 4 nitrogen and oxygen atoms in total. The molecule has 0 aliphatic carbocycles. The van der Waals surface area contributed by atoms with Crippen LogP contribution in [0.5, 0.6) is 11.6 Å². The normalized spacial score (nSPS) is 10.7. The van der Waals surface area contributed by atoms with Gasteiger partial charge in [0.2, 0.25) is 5.88 Å². The van der Waals surface area contributed by atoms with Crippen molar-refractivity contribution < 1.29 is 14.6 Å². The van der Waals surface area contributed by atoms with E-state index in [1.54, 1.807) is 24.3 Å². The van der Waals surface area contributed by atoms with Gasteiger partial charge in [0.15, 0.2) is 0 Å². The van der Waals surface area contributed by atoms with Crippen LogP contribution in [-0.2, 0) is 4.79 Å². The summed E-state index contributed by atoms with van der Waals surface area (Å²) >= 11 is 5.94. The summed E-state index contributed by atoms with van der Waals surface area (Å²) in [7, 11) is 0. The molecule has 102 valence electrons. The van der Waals surface area contributed by atoms with Crippen molar-refractivity contribution in [3.63, 3.8) is 0 Å². The van der Waals surface area contributed by atoms with E-state index in [9.17, 15) is 4.79 Å². The molecule has 1 N–H and O–H groups in total. The SMILES string of the molecule is Cc1cc(Oc2ccc(/C=C/C(=O)O)cn2)ccc1Cl.